The monoisotopic (exact) mass is 239 g/mol. The number of ketones is 1. The van der Waals surface area contributed by atoms with Crippen LogP contribution in [0.2, 0.25) is 0 Å². The van der Waals surface area contributed by atoms with Crippen molar-refractivity contribution in [3.8, 4) is 0 Å². The van der Waals surface area contributed by atoms with E-state index in [0.29, 0.717) is 0 Å². The van der Waals surface area contributed by atoms with E-state index in [2.05, 4.69) is 0 Å². The molecule has 0 aromatic rings. The molecule has 2 rings (SSSR count). The Bertz CT molecular complexity index is 352. The van der Waals surface area contributed by atoms with E-state index in [9.17, 15) is 9.59 Å². The van der Waals surface area contributed by atoms with Gasteiger partial charge in [0.15, 0.2) is 5.78 Å². The Hall–Kier alpha value is -1.06. The number of hydrogen-bond donors (Lipinski definition) is 0. The Morgan fingerprint density at radius 3 is 2.41 bits per heavy atom. The van der Waals surface area contributed by atoms with Crippen molar-refractivity contribution < 1.29 is 14.3 Å². The van der Waals surface area contributed by atoms with E-state index in [4.69, 9.17) is 4.74 Å². The highest BCUT2D eigenvalue weighted by Crippen LogP contribution is 2.48. The van der Waals surface area contributed by atoms with E-state index in [1.54, 1.807) is 4.90 Å². The van der Waals surface area contributed by atoms with Crippen LogP contribution in [0.1, 0.15) is 47.0 Å². The number of carbonyl (C=O) groups is 2. The molecule has 0 aromatic heterocycles. The van der Waals surface area contributed by atoms with Crippen LogP contribution >= 0.6 is 0 Å². The van der Waals surface area contributed by atoms with Crippen LogP contribution in [-0.2, 0) is 9.53 Å². The molecule has 1 amide bonds. The van der Waals surface area contributed by atoms with Gasteiger partial charge in [-0.05, 0) is 40.0 Å². The molecule has 0 aromatic carbocycles. The minimum Gasteiger partial charge on any atom is -0.444 e. The smallest absolute Gasteiger partial charge is 0.411 e. The Labute approximate surface area is 102 Å². The zero-order valence-corrected chi connectivity index (χ0v) is 11.1. The molecule has 2 aliphatic rings. The minimum absolute atomic E-state index is 0.0382. The van der Waals surface area contributed by atoms with Crippen molar-refractivity contribution in [3.63, 3.8) is 0 Å². The number of amides is 1. The lowest BCUT2D eigenvalue weighted by atomic mass is 9.69. The highest BCUT2D eigenvalue weighted by atomic mass is 16.6. The Balaban J connectivity index is 2.16. The number of rotatable bonds is 0. The number of nitrogens with zero attached hydrogens (tertiary/aromatic N) is 1. The molecule has 2 fully saturated rings. The maximum absolute atomic E-state index is 12.1. The standard InChI is InChI=1S/C13H21NO3/c1-9-10(15)8-14(13(9)6-5-7-13)11(16)17-12(2,3)4/h9H,5-8H2,1-4H3. The van der Waals surface area contributed by atoms with Crippen molar-refractivity contribution >= 4 is 11.9 Å². The van der Waals surface area contributed by atoms with E-state index in [1.807, 2.05) is 27.7 Å². The van der Waals surface area contributed by atoms with E-state index >= 15 is 0 Å². The van der Waals surface area contributed by atoms with Gasteiger partial charge in [0.2, 0.25) is 0 Å². The molecule has 96 valence electrons. The van der Waals surface area contributed by atoms with Crippen molar-refractivity contribution in [2.75, 3.05) is 6.54 Å². The summed E-state index contributed by atoms with van der Waals surface area (Å²) in [6.07, 6.45) is 2.62. The highest BCUT2D eigenvalue weighted by Gasteiger charge is 2.57. The summed E-state index contributed by atoms with van der Waals surface area (Å²) in [5, 5.41) is 0. The topological polar surface area (TPSA) is 46.6 Å². The van der Waals surface area contributed by atoms with Crippen LogP contribution < -0.4 is 0 Å². The van der Waals surface area contributed by atoms with Crippen LogP contribution in [0.3, 0.4) is 0 Å². The Morgan fingerprint density at radius 2 is 2.00 bits per heavy atom. The van der Waals surface area contributed by atoms with E-state index in [-0.39, 0.29) is 29.9 Å². The molecule has 0 radical (unpaired) electrons. The second-order valence-electron chi connectivity index (χ2n) is 6.21. The van der Waals surface area contributed by atoms with Gasteiger partial charge in [0.05, 0.1) is 12.1 Å². The predicted molar refractivity (Wildman–Crippen MR) is 63.7 cm³/mol. The second kappa shape index (κ2) is 3.72. The number of hydrogen-bond acceptors (Lipinski definition) is 3. The normalized spacial score (nSPS) is 27.2. The average molecular weight is 239 g/mol. The van der Waals surface area contributed by atoms with Gasteiger partial charge in [-0.2, -0.15) is 0 Å². The van der Waals surface area contributed by atoms with Crippen LogP contribution in [0.4, 0.5) is 4.79 Å². The van der Waals surface area contributed by atoms with Gasteiger partial charge in [-0.1, -0.05) is 6.92 Å². The van der Waals surface area contributed by atoms with Crippen molar-refractivity contribution in [2.24, 2.45) is 5.92 Å². The maximum atomic E-state index is 12.1. The average Bonchev–Trinajstić information content (AvgIpc) is 2.36. The molecule has 1 saturated heterocycles. The molecule has 1 unspecified atom stereocenters. The molecular formula is C13H21NO3. The molecule has 4 heteroatoms. The molecule has 1 aliphatic carbocycles. The first kappa shape index (κ1) is 12.4. The summed E-state index contributed by atoms with van der Waals surface area (Å²) < 4.78 is 5.38. The summed E-state index contributed by atoms with van der Waals surface area (Å²) in [5.41, 5.74) is -0.740. The van der Waals surface area contributed by atoms with Gasteiger partial charge in [-0.15, -0.1) is 0 Å². The molecule has 1 spiro atoms. The molecule has 1 aliphatic heterocycles. The lowest BCUT2D eigenvalue weighted by Gasteiger charge is -2.47. The van der Waals surface area contributed by atoms with Crippen molar-refractivity contribution in [1.29, 1.82) is 0 Å². The van der Waals surface area contributed by atoms with Gasteiger partial charge in [0, 0.05) is 5.92 Å². The summed E-state index contributed by atoms with van der Waals surface area (Å²) in [4.78, 5) is 25.6. The summed E-state index contributed by atoms with van der Waals surface area (Å²) >= 11 is 0. The SMILES string of the molecule is CC1C(=O)CN(C(=O)OC(C)(C)C)C12CCC2. The first-order valence-corrected chi connectivity index (χ1v) is 6.30. The van der Waals surface area contributed by atoms with Gasteiger partial charge < -0.3 is 4.74 Å². The third-order valence-corrected chi connectivity index (χ3v) is 3.97. The Kier molecular flexibility index (Phi) is 2.71. The zero-order chi connectivity index (χ0) is 12.8. The van der Waals surface area contributed by atoms with Gasteiger partial charge in [0.1, 0.15) is 5.60 Å². The van der Waals surface area contributed by atoms with Gasteiger partial charge in [0.25, 0.3) is 0 Å². The van der Waals surface area contributed by atoms with Gasteiger partial charge >= 0.3 is 6.09 Å². The molecule has 0 bridgehead atoms. The quantitative estimate of drug-likeness (QED) is 0.652. The van der Waals surface area contributed by atoms with Gasteiger partial charge in [-0.25, -0.2) is 4.79 Å². The fraction of sp³-hybridized carbons (Fsp3) is 0.846. The van der Waals surface area contributed by atoms with E-state index < -0.39 is 5.60 Å². The number of likely N-dealkylation sites (tertiary alicyclic amines) is 1. The first-order chi connectivity index (χ1) is 7.76. The summed E-state index contributed by atoms with van der Waals surface area (Å²) in [6.45, 7) is 7.70. The number of ether oxygens (including phenoxy) is 1. The lowest BCUT2D eigenvalue weighted by molar-refractivity contribution is -0.120. The fourth-order valence-corrected chi connectivity index (χ4v) is 2.79. The summed E-state index contributed by atoms with van der Waals surface area (Å²) in [5.74, 6) is 0.124. The maximum Gasteiger partial charge on any atom is 0.411 e. The van der Waals surface area contributed by atoms with E-state index in [1.165, 1.54) is 0 Å². The van der Waals surface area contributed by atoms with Crippen LogP contribution in [0.5, 0.6) is 0 Å². The molecule has 1 atom stereocenters. The molecule has 4 nitrogen and oxygen atoms in total. The molecule has 1 saturated carbocycles. The molecule has 17 heavy (non-hydrogen) atoms. The Morgan fingerprint density at radius 1 is 1.41 bits per heavy atom. The van der Waals surface area contributed by atoms with Crippen LogP contribution in [0, 0.1) is 5.92 Å². The molecular weight excluding hydrogens is 218 g/mol. The van der Waals surface area contributed by atoms with Crippen LogP contribution in [-0.4, -0.2) is 34.5 Å². The first-order valence-electron chi connectivity index (χ1n) is 6.30. The third-order valence-electron chi connectivity index (χ3n) is 3.97. The number of Topliss-reactive ketones (excluding diaryl/α,β-unsaturated/α-hetero) is 1. The fourth-order valence-electron chi connectivity index (χ4n) is 2.79. The second-order valence-corrected chi connectivity index (χ2v) is 6.21. The molecule has 1 heterocycles. The van der Waals surface area contributed by atoms with Crippen molar-refractivity contribution in [3.05, 3.63) is 0 Å². The predicted octanol–water partition coefficient (Wildman–Crippen LogP) is 2.37. The largest absolute Gasteiger partial charge is 0.444 e. The highest BCUT2D eigenvalue weighted by molar-refractivity contribution is 5.91. The van der Waals surface area contributed by atoms with Crippen molar-refractivity contribution in [1.82, 2.24) is 4.90 Å². The van der Waals surface area contributed by atoms with Crippen molar-refractivity contribution in [2.45, 2.75) is 58.1 Å². The van der Waals surface area contributed by atoms with Crippen LogP contribution in [0.25, 0.3) is 0 Å². The summed E-state index contributed by atoms with van der Waals surface area (Å²) in [7, 11) is 0. The molecule has 0 N–H and O–H groups in total. The lowest BCUT2D eigenvalue weighted by Crippen LogP contribution is -2.56. The van der Waals surface area contributed by atoms with Gasteiger partial charge in [-0.3, -0.25) is 9.69 Å². The van der Waals surface area contributed by atoms with Crippen LogP contribution in [0.15, 0.2) is 0 Å². The number of carbonyl (C=O) groups excluding carboxylic acids is 2. The zero-order valence-electron chi connectivity index (χ0n) is 11.1. The summed E-state index contributed by atoms with van der Waals surface area (Å²) in [6, 6.07) is 0. The minimum atomic E-state index is -0.503. The third kappa shape index (κ3) is 1.94. The van der Waals surface area contributed by atoms with E-state index in [0.717, 1.165) is 19.3 Å².